The largest absolute Gasteiger partial charge is 0.484 e. The summed E-state index contributed by atoms with van der Waals surface area (Å²) in [6, 6.07) is 13.4. The Morgan fingerprint density at radius 2 is 2.05 bits per heavy atom. The van der Waals surface area contributed by atoms with Gasteiger partial charge < -0.3 is 10.1 Å². The monoisotopic (exact) mass is 320 g/mol. The summed E-state index contributed by atoms with van der Waals surface area (Å²) in [4.78, 5) is 11.7. The molecule has 106 valence electrons. The van der Waals surface area contributed by atoms with E-state index < -0.39 is 0 Å². The minimum absolute atomic E-state index is 0.172. The lowest BCUT2D eigenvalue weighted by molar-refractivity contribution is -0.118. The summed E-state index contributed by atoms with van der Waals surface area (Å²) in [5.41, 5.74) is 0.946. The highest BCUT2D eigenvalue weighted by atomic mass is 35.5. The first-order chi connectivity index (χ1) is 10.1. The zero-order valence-electron chi connectivity index (χ0n) is 10.8. The number of nitrogens with zero attached hydrogens (tertiary/aromatic N) is 1. The Kier molecular flexibility index (Phi) is 5.04. The molecule has 4 nitrogen and oxygen atoms in total. The number of carbonyl (C=O) groups excluding carboxylic acids is 1. The number of nitrogens with one attached hydrogen (secondary N) is 1. The van der Waals surface area contributed by atoms with E-state index in [4.69, 9.17) is 33.2 Å². The van der Waals surface area contributed by atoms with E-state index in [2.05, 4.69) is 5.32 Å². The summed E-state index contributed by atoms with van der Waals surface area (Å²) in [5.74, 6) is 0.0954. The van der Waals surface area contributed by atoms with Gasteiger partial charge in [-0.15, -0.1) is 0 Å². The molecule has 0 aliphatic heterocycles. The van der Waals surface area contributed by atoms with Crippen LogP contribution in [0.4, 0.5) is 5.69 Å². The van der Waals surface area contributed by atoms with E-state index in [1.807, 2.05) is 6.07 Å². The summed E-state index contributed by atoms with van der Waals surface area (Å²) < 4.78 is 5.31. The van der Waals surface area contributed by atoms with Crippen LogP contribution in [0, 0.1) is 11.3 Å². The van der Waals surface area contributed by atoms with Gasteiger partial charge in [0.1, 0.15) is 11.8 Å². The fourth-order valence-electron chi connectivity index (χ4n) is 1.59. The van der Waals surface area contributed by atoms with Gasteiger partial charge in [-0.1, -0.05) is 29.3 Å². The van der Waals surface area contributed by atoms with Crippen LogP contribution in [0.3, 0.4) is 0 Å². The molecule has 2 aromatic rings. The SMILES string of the molecule is N#Cc1ccc(OCC(=O)Nc2cccc(Cl)c2)cc1Cl. The molecule has 1 amide bonds. The molecule has 0 unspecified atom stereocenters. The number of carbonyl (C=O) groups is 1. The molecular formula is C15H10Cl2N2O2. The van der Waals surface area contributed by atoms with Gasteiger partial charge in [0.2, 0.25) is 0 Å². The van der Waals surface area contributed by atoms with Crippen molar-refractivity contribution in [1.29, 1.82) is 5.26 Å². The molecule has 0 bridgehead atoms. The molecule has 2 rings (SSSR count). The van der Waals surface area contributed by atoms with Gasteiger partial charge in [0.15, 0.2) is 6.61 Å². The number of hydrogen-bond acceptors (Lipinski definition) is 3. The van der Waals surface area contributed by atoms with Gasteiger partial charge in [-0.2, -0.15) is 5.26 Å². The number of hydrogen-bond donors (Lipinski definition) is 1. The molecular weight excluding hydrogens is 311 g/mol. The van der Waals surface area contributed by atoms with E-state index >= 15 is 0 Å². The quantitative estimate of drug-likeness (QED) is 0.929. The maximum atomic E-state index is 11.7. The van der Waals surface area contributed by atoms with Crippen LogP contribution in [0.5, 0.6) is 5.75 Å². The molecule has 0 aliphatic carbocycles. The summed E-state index contributed by atoms with van der Waals surface area (Å²) in [7, 11) is 0. The van der Waals surface area contributed by atoms with Gasteiger partial charge in [0.05, 0.1) is 10.6 Å². The zero-order chi connectivity index (χ0) is 15.2. The summed E-state index contributed by atoms with van der Waals surface area (Å²) in [5, 5.41) is 12.2. The molecule has 0 spiro atoms. The third-order valence-electron chi connectivity index (χ3n) is 2.54. The highest BCUT2D eigenvalue weighted by Crippen LogP contribution is 2.22. The Labute approximate surface area is 131 Å². The topological polar surface area (TPSA) is 62.1 Å². The Hall–Kier alpha value is -2.22. The molecule has 0 atom stereocenters. The molecule has 2 aromatic carbocycles. The lowest BCUT2D eigenvalue weighted by Gasteiger charge is -2.08. The van der Waals surface area contributed by atoms with Crippen LogP contribution in [0.25, 0.3) is 0 Å². The molecule has 0 aliphatic rings. The normalized spacial score (nSPS) is 9.76. The standard InChI is InChI=1S/C15H10Cl2N2O2/c16-11-2-1-3-12(6-11)19-15(20)9-21-13-5-4-10(8-18)14(17)7-13/h1-7H,9H2,(H,19,20). The summed E-state index contributed by atoms with van der Waals surface area (Å²) in [6.07, 6.45) is 0. The second-order valence-electron chi connectivity index (χ2n) is 4.10. The van der Waals surface area contributed by atoms with E-state index in [0.29, 0.717) is 22.0 Å². The average Bonchev–Trinajstić information content (AvgIpc) is 2.45. The first-order valence-electron chi connectivity index (χ1n) is 5.96. The van der Waals surface area contributed by atoms with Crippen molar-refractivity contribution in [2.45, 2.75) is 0 Å². The van der Waals surface area contributed by atoms with Crippen LogP contribution in [0.1, 0.15) is 5.56 Å². The van der Waals surface area contributed by atoms with Crippen molar-refractivity contribution in [2.75, 3.05) is 11.9 Å². The third kappa shape index (κ3) is 4.38. The number of benzene rings is 2. The smallest absolute Gasteiger partial charge is 0.262 e. The number of amides is 1. The van der Waals surface area contributed by atoms with Gasteiger partial charge in [-0.25, -0.2) is 0 Å². The second-order valence-corrected chi connectivity index (χ2v) is 4.94. The Morgan fingerprint density at radius 1 is 1.24 bits per heavy atom. The fraction of sp³-hybridized carbons (Fsp3) is 0.0667. The Bertz CT molecular complexity index is 711. The third-order valence-corrected chi connectivity index (χ3v) is 3.09. The van der Waals surface area contributed by atoms with Crippen molar-refractivity contribution < 1.29 is 9.53 Å². The van der Waals surface area contributed by atoms with Crippen molar-refractivity contribution in [1.82, 2.24) is 0 Å². The van der Waals surface area contributed by atoms with Crippen molar-refractivity contribution in [3.05, 3.63) is 58.1 Å². The van der Waals surface area contributed by atoms with Crippen molar-refractivity contribution in [3.63, 3.8) is 0 Å². The maximum Gasteiger partial charge on any atom is 0.262 e. The predicted octanol–water partition coefficient (Wildman–Crippen LogP) is 3.88. The van der Waals surface area contributed by atoms with Crippen LogP contribution in [0.15, 0.2) is 42.5 Å². The van der Waals surface area contributed by atoms with Crippen molar-refractivity contribution in [3.8, 4) is 11.8 Å². The number of anilines is 1. The fourth-order valence-corrected chi connectivity index (χ4v) is 1.99. The molecule has 0 saturated heterocycles. The first-order valence-corrected chi connectivity index (χ1v) is 6.72. The molecule has 0 fully saturated rings. The van der Waals surface area contributed by atoms with E-state index in [-0.39, 0.29) is 17.5 Å². The maximum absolute atomic E-state index is 11.7. The highest BCUT2D eigenvalue weighted by Gasteiger charge is 2.06. The molecule has 0 heterocycles. The minimum atomic E-state index is -0.322. The molecule has 1 N–H and O–H groups in total. The van der Waals surface area contributed by atoms with Gasteiger partial charge >= 0.3 is 0 Å². The first kappa shape index (κ1) is 15.2. The summed E-state index contributed by atoms with van der Waals surface area (Å²) >= 11 is 11.7. The highest BCUT2D eigenvalue weighted by molar-refractivity contribution is 6.32. The van der Waals surface area contributed by atoms with E-state index in [9.17, 15) is 4.79 Å². The Morgan fingerprint density at radius 3 is 2.71 bits per heavy atom. The van der Waals surface area contributed by atoms with Crippen LogP contribution in [-0.2, 0) is 4.79 Å². The van der Waals surface area contributed by atoms with Gasteiger partial charge in [-0.3, -0.25) is 4.79 Å². The number of ether oxygens (including phenoxy) is 1. The van der Waals surface area contributed by atoms with Crippen molar-refractivity contribution in [2.24, 2.45) is 0 Å². The van der Waals surface area contributed by atoms with Crippen LogP contribution < -0.4 is 10.1 Å². The lowest BCUT2D eigenvalue weighted by atomic mass is 10.2. The van der Waals surface area contributed by atoms with Crippen LogP contribution in [0.2, 0.25) is 10.0 Å². The average molecular weight is 321 g/mol. The predicted molar refractivity (Wildman–Crippen MR) is 81.7 cm³/mol. The van der Waals surface area contributed by atoms with Crippen molar-refractivity contribution >= 4 is 34.8 Å². The molecule has 6 heteroatoms. The second kappa shape index (κ2) is 6.98. The minimum Gasteiger partial charge on any atom is -0.484 e. The molecule has 0 saturated carbocycles. The Balaban J connectivity index is 1.92. The van der Waals surface area contributed by atoms with Crippen LogP contribution >= 0.6 is 23.2 Å². The van der Waals surface area contributed by atoms with Gasteiger partial charge in [-0.05, 0) is 30.3 Å². The molecule has 0 aromatic heterocycles. The lowest BCUT2D eigenvalue weighted by Crippen LogP contribution is -2.20. The summed E-state index contributed by atoms with van der Waals surface area (Å²) in [6.45, 7) is -0.172. The van der Waals surface area contributed by atoms with E-state index in [1.165, 1.54) is 12.1 Å². The molecule has 21 heavy (non-hydrogen) atoms. The number of nitriles is 1. The van der Waals surface area contributed by atoms with Crippen LogP contribution in [-0.4, -0.2) is 12.5 Å². The number of halogens is 2. The zero-order valence-corrected chi connectivity index (χ0v) is 12.3. The van der Waals surface area contributed by atoms with Gasteiger partial charge in [0.25, 0.3) is 5.91 Å². The van der Waals surface area contributed by atoms with E-state index in [0.717, 1.165) is 0 Å². The van der Waals surface area contributed by atoms with Gasteiger partial charge in [0, 0.05) is 16.8 Å². The van der Waals surface area contributed by atoms with E-state index in [1.54, 1.807) is 30.3 Å². The molecule has 0 radical (unpaired) electrons. The number of rotatable bonds is 4.